The van der Waals surface area contributed by atoms with Crippen LogP contribution in [0.25, 0.3) is 22.9 Å². The summed E-state index contributed by atoms with van der Waals surface area (Å²) < 4.78 is 8.28. The first-order valence-corrected chi connectivity index (χ1v) is 14.6. The van der Waals surface area contributed by atoms with Crippen LogP contribution in [-0.2, 0) is 22.1 Å². The number of nitrogens with zero attached hydrogens (tertiary/aromatic N) is 2. The van der Waals surface area contributed by atoms with Gasteiger partial charge in [0.15, 0.2) is 0 Å². The van der Waals surface area contributed by atoms with Gasteiger partial charge in [-0.3, -0.25) is 0 Å². The zero-order valence-corrected chi connectivity index (χ0v) is 25.9. The highest BCUT2D eigenvalue weighted by Crippen LogP contribution is 2.29. The number of fused-ring (bicyclic) bond motifs is 1. The fraction of sp³-hybridized carbons (Fsp3) is 0.243. The van der Waals surface area contributed by atoms with Crippen LogP contribution in [0.4, 0.5) is 0 Å². The summed E-state index contributed by atoms with van der Waals surface area (Å²) >= 11 is 6.15. The van der Waals surface area contributed by atoms with E-state index in [1.165, 1.54) is 5.56 Å². The molecular formula is C37H37ClN2O2. The number of ether oxygens (including phenoxy) is 1. The van der Waals surface area contributed by atoms with E-state index in [4.69, 9.17) is 21.3 Å². The number of hydrogen-bond acceptors (Lipinski definition) is 3. The summed E-state index contributed by atoms with van der Waals surface area (Å²) in [6.45, 7) is 13.6. The number of benzene rings is 4. The van der Waals surface area contributed by atoms with Crippen LogP contribution < -0.4 is 0 Å². The molecule has 1 aromatic heterocycles. The van der Waals surface area contributed by atoms with Gasteiger partial charge in [0.25, 0.3) is 0 Å². The SMILES string of the molecule is CC(C)(C)c1ccc(C(=O)O/C(=C/c2nc3ccccc3n2Cc2ccc(Cl)cc2)c2ccc(C(C)(C)C)cc2)cc1. The lowest BCUT2D eigenvalue weighted by Gasteiger charge is -2.20. The molecule has 42 heavy (non-hydrogen) atoms. The van der Waals surface area contributed by atoms with Crippen LogP contribution in [0.15, 0.2) is 97.1 Å². The maximum atomic E-state index is 13.5. The van der Waals surface area contributed by atoms with Crippen molar-refractivity contribution >= 4 is 40.4 Å². The molecule has 5 heteroatoms. The molecule has 5 rings (SSSR count). The minimum atomic E-state index is -0.415. The predicted molar refractivity (Wildman–Crippen MR) is 174 cm³/mol. The van der Waals surface area contributed by atoms with Gasteiger partial charge in [0.05, 0.1) is 16.6 Å². The Morgan fingerprint density at radius 2 is 1.31 bits per heavy atom. The average Bonchev–Trinajstić information content (AvgIpc) is 3.29. The molecular weight excluding hydrogens is 540 g/mol. The van der Waals surface area contributed by atoms with Crippen molar-refractivity contribution in [2.45, 2.75) is 58.9 Å². The van der Waals surface area contributed by atoms with E-state index in [2.05, 4.69) is 64.3 Å². The van der Waals surface area contributed by atoms with Gasteiger partial charge in [0.2, 0.25) is 0 Å². The number of hydrogen-bond donors (Lipinski definition) is 0. The van der Waals surface area contributed by atoms with Gasteiger partial charge in [-0.15, -0.1) is 0 Å². The molecule has 0 N–H and O–H groups in total. The van der Waals surface area contributed by atoms with Crippen LogP contribution in [0.1, 0.15) is 80.0 Å². The van der Waals surface area contributed by atoms with E-state index in [1.807, 2.05) is 84.9 Å². The number of rotatable bonds is 6. The summed E-state index contributed by atoms with van der Waals surface area (Å²) in [7, 11) is 0. The monoisotopic (exact) mass is 576 g/mol. The maximum Gasteiger partial charge on any atom is 0.343 e. The van der Waals surface area contributed by atoms with E-state index in [9.17, 15) is 4.79 Å². The second-order valence-electron chi connectivity index (χ2n) is 12.7. The van der Waals surface area contributed by atoms with Crippen molar-refractivity contribution in [3.8, 4) is 0 Å². The number of para-hydroxylation sites is 2. The fourth-order valence-electron chi connectivity index (χ4n) is 4.83. The van der Waals surface area contributed by atoms with Gasteiger partial charge in [-0.2, -0.15) is 0 Å². The maximum absolute atomic E-state index is 13.5. The van der Waals surface area contributed by atoms with Crippen LogP contribution in [0.2, 0.25) is 5.02 Å². The summed E-state index contributed by atoms with van der Waals surface area (Å²) in [6.07, 6.45) is 1.86. The number of aromatic nitrogens is 2. The molecule has 214 valence electrons. The van der Waals surface area contributed by atoms with Crippen LogP contribution >= 0.6 is 11.6 Å². The summed E-state index contributed by atoms with van der Waals surface area (Å²) in [5.41, 5.74) is 6.58. The van der Waals surface area contributed by atoms with Crippen LogP contribution in [0, 0.1) is 0 Å². The Kier molecular flexibility index (Phi) is 8.12. The van der Waals surface area contributed by atoms with E-state index in [-0.39, 0.29) is 10.8 Å². The highest BCUT2D eigenvalue weighted by atomic mass is 35.5. The Balaban J connectivity index is 1.58. The Morgan fingerprint density at radius 3 is 1.88 bits per heavy atom. The summed E-state index contributed by atoms with van der Waals surface area (Å²) in [5, 5.41) is 0.692. The fourth-order valence-corrected chi connectivity index (χ4v) is 4.96. The molecule has 0 unspecified atom stereocenters. The number of imidazole rings is 1. The molecule has 0 amide bonds. The van der Waals surface area contributed by atoms with E-state index in [0.717, 1.165) is 27.7 Å². The lowest BCUT2D eigenvalue weighted by molar-refractivity contribution is 0.0693. The Bertz CT molecular complexity index is 1730. The second-order valence-corrected chi connectivity index (χ2v) is 13.2. The van der Waals surface area contributed by atoms with Gasteiger partial charge in [-0.1, -0.05) is 114 Å². The third kappa shape index (κ3) is 6.66. The van der Waals surface area contributed by atoms with E-state index < -0.39 is 5.97 Å². The van der Waals surface area contributed by atoms with Crippen molar-refractivity contribution in [1.82, 2.24) is 9.55 Å². The largest absolute Gasteiger partial charge is 0.422 e. The molecule has 4 nitrogen and oxygen atoms in total. The topological polar surface area (TPSA) is 44.1 Å². The first-order valence-electron chi connectivity index (χ1n) is 14.2. The number of carbonyl (C=O) groups excluding carboxylic acids is 1. The quantitative estimate of drug-likeness (QED) is 0.149. The van der Waals surface area contributed by atoms with Crippen LogP contribution in [-0.4, -0.2) is 15.5 Å². The summed E-state index contributed by atoms with van der Waals surface area (Å²) in [4.78, 5) is 18.4. The molecule has 0 aliphatic heterocycles. The van der Waals surface area contributed by atoms with Gasteiger partial charge in [0, 0.05) is 23.2 Å². The number of halogens is 1. The standard InChI is InChI=1S/C37H37ClN2O2/c1-36(2,3)28-17-13-26(14-18-28)33(42-35(41)27-15-19-29(20-16-27)37(4,5)6)23-34-39-31-9-7-8-10-32(31)40(34)24-25-11-21-30(38)22-12-25/h7-23H,24H2,1-6H3/b33-23+. The van der Waals surface area contributed by atoms with Gasteiger partial charge in [-0.05, 0) is 63.9 Å². The molecule has 0 atom stereocenters. The van der Waals surface area contributed by atoms with Crippen molar-refractivity contribution in [2.75, 3.05) is 0 Å². The lowest BCUT2D eigenvalue weighted by atomic mass is 9.86. The molecule has 5 aromatic rings. The highest BCUT2D eigenvalue weighted by molar-refractivity contribution is 6.30. The number of esters is 1. The van der Waals surface area contributed by atoms with Crippen molar-refractivity contribution in [3.63, 3.8) is 0 Å². The van der Waals surface area contributed by atoms with Crippen LogP contribution in [0.3, 0.4) is 0 Å². The molecule has 0 radical (unpaired) electrons. The molecule has 0 spiro atoms. The van der Waals surface area contributed by atoms with E-state index in [0.29, 0.717) is 28.7 Å². The Hall–Kier alpha value is -4.15. The van der Waals surface area contributed by atoms with Gasteiger partial charge >= 0.3 is 5.97 Å². The highest BCUT2D eigenvalue weighted by Gasteiger charge is 2.19. The van der Waals surface area contributed by atoms with Crippen molar-refractivity contribution in [1.29, 1.82) is 0 Å². The number of carbonyl (C=O) groups is 1. The third-order valence-electron chi connectivity index (χ3n) is 7.42. The minimum absolute atomic E-state index is 0.000440. The molecule has 0 bridgehead atoms. The first kappa shape index (κ1) is 29.3. The smallest absolute Gasteiger partial charge is 0.343 e. The van der Waals surface area contributed by atoms with Gasteiger partial charge in [0.1, 0.15) is 11.6 Å². The molecule has 0 fully saturated rings. The molecule has 0 aliphatic rings. The van der Waals surface area contributed by atoms with Gasteiger partial charge < -0.3 is 9.30 Å². The second kappa shape index (κ2) is 11.6. The Morgan fingerprint density at radius 1 is 0.762 bits per heavy atom. The molecule has 0 aliphatic carbocycles. The van der Waals surface area contributed by atoms with Crippen molar-refractivity contribution < 1.29 is 9.53 Å². The van der Waals surface area contributed by atoms with Crippen molar-refractivity contribution in [2.24, 2.45) is 0 Å². The van der Waals surface area contributed by atoms with Gasteiger partial charge in [-0.25, -0.2) is 9.78 Å². The molecule has 4 aromatic carbocycles. The molecule has 1 heterocycles. The van der Waals surface area contributed by atoms with Crippen LogP contribution in [0.5, 0.6) is 0 Å². The van der Waals surface area contributed by atoms with E-state index >= 15 is 0 Å². The zero-order chi connectivity index (χ0) is 30.1. The van der Waals surface area contributed by atoms with E-state index in [1.54, 1.807) is 0 Å². The summed E-state index contributed by atoms with van der Waals surface area (Å²) in [5.74, 6) is 0.715. The lowest BCUT2D eigenvalue weighted by Crippen LogP contribution is -2.12. The van der Waals surface area contributed by atoms with Crippen molar-refractivity contribution in [3.05, 3.63) is 136 Å². The normalized spacial score (nSPS) is 12.5. The summed E-state index contributed by atoms with van der Waals surface area (Å²) in [6, 6.07) is 31.7. The minimum Gasteiger partial charge on any atom is -0.422 e. The average molecular weight is 577 g/mol. The third-order valence-corrected chi connectivity index (χ3v) is 7.67. The first-order chi connectivity index (χ1) is 19.9. The predicted octanol–water partition coefficient (Wildman–Crippen LogP) is 9.69. The zero-order valence-electron chi connectivity index (χ0n) is 25.1. The Labute approximate surface area is 253 Å². The molecule has 0 saturated heterocycles. The molecule has 0 saturated carbocycles.